The summed E-state index contributed by atoms with van der Waals surface area (Å²) < 4.78 is 23.0. The Hall–Kier alpha value is -1.88. The standard InChI is InChI=1S/C42H66O18/c1-37(2)10-12-41(36(56)60-34-30(52)28(50)26(48)21(16-44)58-34)13-11-39(4)18(24(41)31(37)53)6-7-22-38(3)14-19(46)32(59-33-29(51)27(49)25(47)20(15-43)57-33)42(17-45,35(54)55)23(38)8-9-40(22,39)5/h6,19-34,43-53H,7-17H2,1-5H3,(H,54,55)/t19-,20-,21-,22-,23-,24-,25-,26-,27+,28+,29-,30-,31+,32+,33+,34+,38-,39-,40-,41+,42+/m1/s1. The number of aliphatic hydroxyl groups excluding tert-OH is 11. The van der Waals surface area contributed by atoms with E-state index in [0.717, 1.165) is 5.57 Å². The molecule has 2 aliphatic heterocycles. The largest absolute Gasteiger partial charge is 0.481 e. The summed E-state index contributed by atoms with van der Waals surface area (Å²) in [7, 11) is 0. The highest BCUT2D eigenvalue weighted by Crippen LogP contribution is 2.76. The summed E-state index contributed by atoms with van der Waals surface area (Å²) in [6, 6.07) is 0. The van der Waals surface area contributed by atoms with Crippen molar-refractivity contribution in [2.45, 2.75) is 166 Å². The van der Waals surface area contributed by atoms with Crippen LogP contribution in [0.1, 0.15) is 86.0 Å². The molecule has 0 aromatic rings. The number of esters is 1. The van der Waals surface area contributed by atoms with E-state index in [-0.39, 0.29) is 25.2 Å². The Morgan fingerprint density at radius 2 is 1.30 bits per heavy atom. The molecule has 2 saturated heterocycles. The van der Waals surface area contributed by atoms with Crippen molar-refractivity contribution < 1.29 is 89.8 Å². The van der Waals surface area contributed by atoms with Crippen LogP contribution in [0, 0.1) is 50.2 Å². The lowest BCUT2D eigenvalue weighted by molar-refractivity contribution is -0.344. The highest BCUT2D eigenvalue weighted by atomic mass is 16.7. The Bertz CT molecular complexity index is 1670. The van der Waals surface area contributed by atoms with Crippen LogP contribution in [-0.2, 0) is 28.5 Å². The zero-order chi connectivity index (χ0) is 44.3. The Labute approximate surface area is 348 Å². The Morgan fingerprint density at radius 3 is 1.87 bits per heavy atom. The predicted molar refractivity (Wildman–Crippen MR) is 204 cm³/mol. The number of carboxylic acids is 1. The van der Waals surface area contributed by atoms with Gasteiger partial charge in [0.25, 0.3) is 0 Å². The number of aliphatic hydroxyl groups is 11. The number of carbonyl (C=O) groups excluding carboxylic acids is 1. The smallest absolute Gasteiger partial charge is 0.315 e. The minimum Gasteiger partial charge on any atom is -0.481 e. The summed E-state index contributed by atoms with van der Waals surface area (Å²) in [5.41, 5.74) is -5.44. The van der Waals surface area contributed by atoms with Crippen LogP contribution in [0.15, 0.2) is 11.6 Å². The maximum Gasteiger partial charge on any atom is 0.315 e. The van der Waals surface area contributed by atoms with Gasteiger partial charge >= 0.3 is 11.9 Å². The van der Waals surface area contributed by atoms with Crippen molar-refractivity contribution in [3.63, 3.8) is 0 Å². The fourth-order valence-corrected chi connectivity index (χ4v) is 13.7. The molecule has 60 heavy (non-hydrogen) atoms. The number of allylic oxidation sites excluding steroid dienone is 1. The lowest BCUT2D eigenvalue weighted by Gasteiger charge is -2.71. The van der Waals surface area contributed by atoms with E-state index in [2.05, 4.69) is 13.8 Å². The molecule has 7 rings (SSSR count). The number of hydrogen-bond donors (Lipinski definition) is 12. The molecule has 2 heterocycles. The normalized spacial score (nSPS) is 53.7. The van der Waals surface area contributed by atoms with Gasteiger partial charge in [-0.3, -0.25) is 9.59 Å². The maximum absolute atomic E-state index is 14.6. The van der Waals surface area contributed by atoms with Gasteiger partial charge in [0.05, 0.1) is 37.4 Å². The molecular weight excluding hydrogens is 792 g/mol. The van der Waals surface area contributed by atoms with E-state index in [4.69, 9.17) is 18.9 Å². The van der Waals surface area contributed by atoms with Gasteiger partial charge in [0, 0.05) is 5.92 Å². The molecule has 0 amide bonds. The number of carbonyl (C=O) groups is 2. The molecule has 18 nitrogen and oxygen atoms in total. The van der Waals surface area contributed by atoms with Gasteiger partial charge in [0.2, 0.25) is 6.29 Å². The second-order valence-electron chi connectivity index (χ2n) is 20.5. The number of carboxylic acid groups (broad SMARTS) is 1. The summed E-state index contributed by atoms with van der Waals surface area (Å²) >= 11 is 0. The molecule has 0 aromatic carbocycles. The number of hydrogen-bond acceptors (Lipinski definition) is 17. The van der Waals surface area contributed by atoms with E-state index in [1.54, 1.807) is 0 Å². The lowest BCUT2D eigenvalue weighted by atomic mass is 9.33. The van der Waals surface area contributed by atoms with Gasteiger partial charge in [0.15, 0.2) is 6.29 Å². The Morgan fingerprint density at radius 1 is 0.733 bits per heavy atom. The maximum atomic E-state index is 14.6. The third kappa shape index (κ3) is 6.33. The third-order valence-corrected chi connectivity index (χ3v) is 17.5. The molecule has 5 aliphatic carbocycles. The van der Waals surface area contributed by atoms with Crippen molar-refractivity contribution in [1.29, 1.82) is 0 Å². The van der Waals surface area contributed by atoms with E-state index >= 15 is 0 Å². The van der Waals surface area contributed by atoms with Crippen LogP contribution in [0.5, 0.6) is 0 Å². The van der Waals surface area contributed by atoms with Crippen LogP contribution in [0.25, 0.3) is 0 Å². The third-order valence-electron chi connectivity index (χ3n) is 17.5. The first-order chi connectivity index (χ1) is 28.0. The number of fused-ring (bicyclic) bond motifs is 7. The minimum atomic E-state index is -2.13. The van der Waals surface area contributed by atoms with Crippen molar-refractivity contribution >= 4 is 11.9 Å². The molecule has 21 atom stereocenters. The van der Waals surface area contributed by atoms with Gasteiger partial charge in [-0.05, 0) is 84.9 Å². The molecule has 0 unspecified atom stereocenters. The molecule has 342 valence electrons. The average Bonchev–Trinajstić information content (AvgIpc) is 3.19. The first-order valence-electron chi connectivity index (χ1n) is 21.4. The van der Waals surface area contributed by atoms with E-state index in [0.29, 0.717) is 32.1 Å². The van der Waals surface area contributed by atoms with E-state index in [9.17, 15) is 70.9 Å². The Balaban J connectivity index is 1.24. The van der Waals surface area contributed by atoms with Crippen LogP contribution >= 0.6 is 0 Å². The molecule has 0 spiro atoms. The summed E-state index contributed by atoms with van der Waals surface area (Å²) in [5.74, 6) is -4.04. The van der Waals surface area contributed by atoms with Crippen molar-refractivity contribution in [2.75, 3.05) is 19.8 Å². The summed E-state index contributed by atoms with van der Waals surface area (Å²) in [5, 5.41) is 129. The highest BCUT2D eigenvalue weighted by Gasteiger charge is 2.74. The van der Waals surface area contributed by atoms with Crippen molar-refractivity contribution in [2.24, 2.45) is 50.2 Å². The van der Waals surface area contributed by atoms with Crippen LogP contribution in [-0.4, -0.2) is 173 Å². The topological polar surface area (TPSA) is 314 Å². The number of rotatable bonds is 8. The average molecular weight is 859 g/mol. The second kappa shape index (κ2) is 15.7. The quantitative estimate of drug-likeness (QED) is 0.0735. The van der Waals surface area contributed by atoms with E-state index in [1.807, 2.05) is 26.8 Å². The summed E-state index contributed by atoms with van der Waals surface area (Å²) in [6.07, 6.45) is -16.4. The first-order valence-corrected chi connectivity index (χ1v) is 21.4. The molecule has 7 aliphatic rings. The van der Waals surface area contributed by atoms with Crippen LogP contribution in [0.2, 0.25) is 0 Å². The molecule has 4 saturated carbocycles. The molecule has 0 aromatic heterocycles. The molecule has 0 radical (unpaired) electrons. The van der Waals surface area contributed by atoms with Crippen LogP contribution in [0.4, 0.5) is 0 Å². The number of ether oxygens (including phenoxy) is 4. The Kier molecular flexibility index (Phi) is 12.1. The molecule has 18 heteroatoms. The SMILES string of the molecule is CC1(C)CC[C@]2(C(=O)O[C@@H]3O[C@H](CO)[C@@H](O)[C@H](O)[C@H]3O)CC[C@]3(C)C(=CC[C@@H]4[C@@]5(C)C[C@@H](O)[C@H](O[C@@H]6O[C@H](CO)[C@@H](O)[C@H](O)[C@H]6O)[C@@](CO)(C(=O)O)[C@@H]5CC[C@]43C)[C@@H]2[C@@H]1O. The molecular formula is C42H66O18. The van der Waals surface area contributed by atoms with E-state index in [1.165, 1.54) is 0 Å². The van der Waals surface area contributed by atoms with Crippen LogP contribution < -0.4 is 0 Å². The number of aliphatic carboxylic acids is 1. The van der Waals surface area contributed by atoms with Gasteiger partial charge in [0.1, 0.15) is 60.4 Å². The van der Waals surface area contributed by atoms with E-state index < -0.39 is 156 Å². The summed E-state index contributed by atoms with van der Waals surface area (Å²) in [4.78, 5) is 28.2. The van der Waals surface area contributed by atoms with Crippen molar-refractivity contribution in [3.8, 4) is 0 Å². The predicted octanol–water partition coefficient (Wildman–Crippen LogP) is -1.70. The fraction of sp³-hybridized carbons (Fsp3) is 0.905. The van der Waals surface area contributed by atoms with Crippen molar-refractivity contribution in [1.82, 2.24) is 0 Å². The van der Waals surface area contributed by atoms with Crippen LogP contribution in [0.3, 0.4) is 0 Å². The van der Waals surface area contributed by atoms with Crippen molar-refractivity contribution in [3.05, 3.63) is 11.6 Å². The van der Waals surface area contributed by atoms with Gasteiger partial charge < -0.3 is 80.2 Å². The zero-order valence-corrected chi connectivity index (χ0v) is 34.9. The molecule has 12 N–H and O–H groups in total. The van der Waals surface area contributed by atoms with Gasteiger partial charge in [-0.1, -0.05) is 46.3 Å². The lowest BCUT2D eigenvalue weighted by Crippen LogP contribution is -2.72. The molecule has 6 fully saturated rings. The highest BCUT2D eigenvalue weighted by molar-refractivity contribution is 5.79. The minimum absolute atomic E-state index is 0.0166. The van der Waals surface area contributed by atoms with Gasteiger partial charge in [-0.2, -0.15) is 0 Å². The zero-order valence-electron chi connectivity index (χ0n) is 34.9. The van der Waals surface area contributed by atoms with Gasteiger partial charge in [-0.15, -0.1) is 0 Å². The second-order valence-corrected chi connectivity index (χ2v) is 20.5. The fourth-order valence-electron chi connectivity index (χ4n) is 13.7. The molecule has 0 bridgehead atoms. The van der Waals surface area contributed by atoms with Gasteiger partial charge in [-0.25, -0.2) is 0 Å². The first kappa shape index (κ1) is 46.1. The monoisotopic (exact) mass is 858 g/mol. The summed E-state index contributed by atoms with van der Waals surface area (Å²) in [6.45, 7) is 7.61.